The maximum Gasteiger partial charge on any atom is 0.278 e. The lowest BCUT2D eigenvalue weighted by Gasteiger charge is -2.23. The largest absolute Gasteiger partial charge is 0.350 e. The number of H-pyrrole nitrogens is 1. The fourth-order valence-corrected chi connectivity index (χ4v) is 4.88. The van der Waals surface area contributed by atoms with Crippen LogP contribution >= 0.6 is 22.9 Å². The van der Waals surface area contributed by atoms with Crippen molar-refractivity contribution in [2.45, 2.75) is 43.1 Å². The predicted molar refractivity (Wildman–Crippen MR) is 113 cm³/mol. The van der Waals surface area contributed by atoms with Gasteiger partial charge in [0.15, 0.2) is 15.5 Å². The van der Waals surface area contributed by atoms with E-state index in [2.05, 4.69) is 20.3 Å². The molecule has 1 amide bonds. The molecule has 0 spiro atoms. The third kappa shape index (κ3) is 3.51. The molecule has 1 aliphatic heterocycles. The zero-order valence-electron chi connectivity index (χ0n) is 15.7. The lowest BCUT2D eigenvalue weighted by molar-refractivity contribution is -0.122. The number of benzene rings is 1. The summed E-state index contributed by atoms with van der Waals surface area (Å²) in [5.74, 6) is 0.497. The molecule has 2 N–H and O–H groups in total. The van der Waals surface area contributed by atoms with Gasteiger partial charge in [0, 0.05) is 13.1 Å². The fourth-order valence-electron chi connectivity index (χ4n) is 3.67. The standard InChI is InChI=1S/C20H20ClN5O2S/c21-20(8-9-20)18-24-16(28)14-17(25-18)29-19(23-14)26-10-4-7-13(26)15(27)22-11-12-5-2-1-3-6-12/h1-3,5-6,13H,4,7-11H2,(H,22,27)(H,24,25,28)/t13-/m1/s1. The number of aromatic nitrogens is 3. The molecule has 2 fully saturated rings. The summed E-state index contributed by atoms with van der Waals surface area (Å²) in [5.41, 5.74) is 1.09. The van der Waals surface area contributed by atoms with Crippen molar-refractivity contribution in [2.75, 3.05) is 11.4 Å². The first-order valence-electron chi connectivity index (χ1n) is 9.72. The highest BCUT2D eigenvalue weighted by Crippen LogP contribution is 2.50. The van der Waals surface area contributed by atoms with Crippen LogP contribution in [0, 0.1) is 0 Å². The predicted octanol–water partition coefficient (Wildman–Crippen LogP) is 2.89. The number of carbonyl (C=O) groups excluding carboxylic acids is 1. The molecule has 0 bridgehead atoms. The van der Waals surface area contributed by atoms with Crippen LogP contribution in [0.1, 0.15) is 37.1 Å². The molecule has 150 valence electrons. The number of aromatic amines is 1. The van der Waals surface area contributed by atoms with E-state index in [1.165, 1.54) is 11.3 Å². The molecule has 0 unspecified atom stereocenters. The number of hydrogen-bond donors (Lipinski definition) is 2. The summed E-state index contributed by atoms with van der Waals surface area (Å²) in [6.45, 7) is 1.22. The monoisotopic (exact) mass is 429 g/mol. The van der Waals surface area contributed by atoms with Gasteiger partial charge < -0.3 is 15.2 Å². The topological polar surface area (TPSA) is 91.0 Å². The summed E-state index contributed by atoms with van der Waals surface area (Å²) in [7, 11) is 0. The summed E-state index contributed by atoms with van der Waals surface area (Å²) in [4.78, 5) is 39.1. The minimum atomic E-state index is -0.537. The first-order valence-corrected chi connectivity index (χ1v) is 10.9. The van der Waals surface area contributed by atoms with Gasteiger partial charge in [-0.25, -0.2) is 9.97 Å². The second-order valence-corrected chi connectivity index (χ2v) is 9.26. The third-order valence-corrected chi connectivity index (χ3v) is 7.03. The summed E-state index contributed by atoms with van der Waals surface area (Å²) in [6, 6.07) is 9.54. The van der Waals surface area contributed by atoms with Crippen LogP contribution in [0.4, 0.5) is 5.13 Å². The lowest BCUT2D eigenvalue weighted by atomic mass is 10.2. The van der Waals surface area contributed by atoms with Crippen molar-refractivity contribution in [3.05, 3.63) is 52.1 Å². The summed E-state index contributed by atoms with van der Waals surface area (Å²) in [6.07, 6.45) is 3.28. The molecule has 1 saturated carbocycles. The number of thiazole rings is 1. The molecule has 1 aliphatic carbocycles. The van der Waals surface area contributed by atoms with Crippen molar-refractivity contribution >= 4 is 44.3 Å². The second kappa shape index (κ2) is 7.11. The number of carbonyl (C=O) groups is 1. The zero-order valence-corrected chi connectivity index (χ0v) is 17.2. The van der Waals surface area contributed by atoms with Crippen molar-refractivity contribution in [3.63, 3.8) is 0 Å². The average molecular weight is 430 g/mol. The SMILES string of the molecule is O=C(NCc1ccccc1)[C@H]1CCCN1c1nc2c(=O)[nH]c(C3(Cl)CC3)nc2s1. The fraction of sp³-hybridized carbons (Fsp3) is 0.400. The lowest BCUT2D eigenvalue weighted by Crippen LogP contribution is -2.43. The number of alkyl halides is 1. The summed E-state index contributed by atoms with van der Waals surface area (Å²) >= 11 is 7.76. The van der Waals surface area contributed by atoms with Crippen LogP contribution in [0.15, 0.2) is 35.1 Å². The zero-order chi connectivity index (χ0) is 20.0. The van der Waals surface area contributed by atoms with Gasteiger partial charge in [-0.3, -0.25) is 9.59 Å². The molecular formula is C20H20ClN5O2S. The molecule has 2 aromatic heterocycles. The van der Waals surface area contributed by atoms with Crippen LogP contribution in [0.5, 0.6) is 0 Å². The molecule has 0 radical (unpaired) electrons. The van der Waals surface area contributed by atoms with Gasteiger partial charge in [0.05, 0.1) is 0 Å². The van der Waals surface area contributed by atoms with E-state index in [0.717, 1.165) is 37.8 Å². The molecule has 3 heterocycles. The third-order valence-electron chi connectivity index (χ3n) is 5.48. The number of amides is 1. The number of nitrogens with one attached hydrogen (secondary N) is 2. The minimum Gasteiger partial charge on any atom is -0.350 e. The Morgan fingerprint density at radius 3 is 2.86 bits per heavy atom. The highest BCUT2D eigenvalue weighted by atomic mass is 35.5. The van der Waals surface area contributed by atoms with Crippen molar-refractivity contribution in [1.29, 1.82) is 0 Å². The van der Waals surface area contributed by atoms with Crippen LogP contribution in [0.3, 0.4) is 0 Å². The molecule has 1 saturated heterocycles. The van der Waals surface area contributed by atoms with Crippen molar-refractivity contribution < 1.29 is 4.79 Å². The van der Waals surface area contributed by atoms with Gasteiger partial charge in [-0.1, -0.05) is 41.7 Å². The second-order valence-electron chi connectivity index (χ2n) is 7.58. The number of nitrogens with zero attached hydrogens (tertiary/aromatic N) is 3. The normalized spacial score (nSPS) is 20.2. The first-order chi connectivity index (χ1) is 14.0. The molecule has 7 nitrogen and oxygen atoms in total. The number of halogens is 1. The Hall–Kier alpha value is -2.45. The smallest absolute Gasteiger partial charge is 0.278 e. The van der Waals surface area contributed by atoms with Gasteiger partial charge in [-0.05, 0) is 31.2 Å². The Kier molecular flexibility index (Phi) is 4.55. The van der Waals surface area contributed by atoms with Gasteiger partial charge >= 0.3 is 0 Å². The maximum absolute atomic E-state index is 12.8. The van der Waals surface area contributed by atoms with E-state index in [9.17, 15) is 9.59 Å². The van der Waals surface area contributed by atoms with Crippen molar-refractivity contribution in [2.24, 2.45) is 0 Å². The number of fused-ring (bicyclic) bond motifs is 1. The molecule has 1 aromatic carbocycles. The van der Waals surface area contributed by atoms with E-state index in [0.29, 0.717) is 27.8 Å². The molecule has 2 aliphatic rings. The van der Waals surface area contributed by atoms with E-state index in [4.69, 9.17) is 11.6 Å². The quantitative estimate of drug-likeness (QED) is 0.608. The Balaban J connectivity index is 1.38. The Morgan fingerprint density at radius 2 is 2.10 bits per heavy atom. The molecule has 1 atom stereocenters. The van der Waals surface area contributed by atoms with Crippen molar-refractivity contribution in [3.8, 4) is 0 Å². The highest BCUT2D eigenvalue weighted by Gasteiger charge is 2.45. The maximum atomic E-state index is 12.8. The molecular weight excluding hydrogens is 410 g/mol. The Morgan fingerprint density at radius 1 is 1.31 bits per heavy atom. The van der Waals surface area contributed by atoms with Gasteiger partial charge in [0.2, 0.25) is 5.91 Å². The average Bonchev–Trinajstić information content (AvgIpc) is 3.14. The number of anilines is 1. The van der Waals surface area contributed by atoms with Crippen molar-refractivity contribution in [1.82, 2.24) is 20.3 Å². The number of rotatable bonds is 5. The van der Waals surface area contributed by atoms with Gasteiger partial charge in [-0.15, -0.1) is 11.6 Å². The Bertz CT molecular complexity index is 1120. The Labute approximate surface area is 176 Å². The minimum absolute atomic E-state index is 0.0224. The first kappa shape index (κ1) is 18.6. The molecule has 29 heavy (non-hydrogen) atoms. The molecule has 3 aromatic rings. The van der Waals surface area contributed by atoms with E-state index in [-0.39, 0.29) is 17.5 Å². The van der Waals surface area contributed by atoms with Crippen LogP contribution in [-0.4, -0.2) is 33.4 Å². The van der Waals surface area contributed by atoms with Gasteiger partial charge in [0.1, 0.15) is 16.7 Å². The van der Waals surface area contributed by atoms with E-state index in [1.54, 1.807) is 0 Å². The summed E-state index contributed by atoms with van der Waals surface area (Å²) in [5, 5.41) is 3.68. The van der Waals surface area contributed by atoms with Gasteiger partial charge in [-0.2, -0.15) is 0 Å². The number of hydrogen-bond acceptors (Lipinski definition) is 6. The van der Waals surface area contributed by atoms with Crippen LogP contribution in [0.2, 0.25) is 0 Å². The van der Waals surface area contributed by atoms with Gasteiger partial charge in [0.25, 0.3) is 5.56 Å². The van der Waals surface area contributed by atoms with E-state index >= 15 is 0 Å². The molecule has 9 heteroatoms. The highest BCUT2D eigenvalue weighted by molar-refractivity contribution is 7.21. The van der Waals surface area contributed by atoms with Crippen LogP contribution in [0.25, 0.3) is 10.3 Å². The van der Waals surface area contributed by atoms with Crippen LogP contribution in [-0.2, 0) is 16.2 Å². The van der Waals surface area contributed by atoms with E-state index in [1.807, 2.05) is 35.2 Å². The molecule has 5 rings (SSSR count). The van der Waals surface area contributed by atoms with Crippen LogP contribution < -0.4 is 15.8 Å². The summed E-state index contributed by atoms with van der Waals surface area (Å²) < 4.78 is 0. The van der Waals surface area contributed by atoms with E-state index < -0.39 is 4.87 Å².